The maximum atomic E-state index is 13.7. The first kappa shape index (κ1) is 33.9. The molecule has 3 amide bonds. The number of piperidine rings is 1. The van der Waals surface area contributed by atoms with Crippen LogP contribution in [0.2, 0.25) is 0 Å². The van der Waals surface area contributed by atoms with E-state index in [-0.39, 0.29) is 25.0 Å². The van der Waals surface area contributed by atoms with E-state index in [4.69, 9.17) is 33.2 Å². The number of rotatable bonds is 13. The molecule has 1 N–H and O–H groups in total. The Balaban J connectivity index is 1.88. The zero-order valence-corrected chi connectivity index (χ0v) is 26.7. The molecule has 2 atom stereocenters. The molecule has 0 bridgehead atoms. The normalized spacial score (nSPS) is 16.0. The average Bonchev–Trinajstić information content (AvgIpc) is 3.06. The third-order valence-corrected chi connectivity index (χ3v) is 7.62. The fourth-order valence-corrected chi connectivity index (χ4v) is 5.18. The standard InChI is InChI=1S/C31H43N3O10/c1-9-33(10-2)31(37)44-18-21-17-34(30(36)20-15-25(40-5)28(43-8)26(16-20)41-6)12-11-22(21)32-29(35)19-13-23(38-3)27(42-7)24(14-19)39-4/h13-16,21-22H,9-12,17-18H2,1-8H3,(H,32,35)/t21-,22+/m0/s1. The molecular weight excluding hydrogens is 574 g/mol. The summed E-state index contributed by atoms with van der Waals surface area (Å²) in [5.41, 5.74) is 0.646. The van der Waals surface area contributed by atoms with Gasteiger partial charge in [-0.1, -0.05) is 0 Å². The third kappa shape index (κ3) is 7.50. The SMILES string of the molecule is CCN(CC)C(=O)OC[C@@H]1CN(C(=O)c2cc(OC)c(OC)c(OC)c2)CC[C@H]1NC(=O)c1cc(OC)c(OC)c(OC)c1. The van der Waals surface area contributed by atoms with Crippen LogP contribution in [0.1, 0.15) is 41.0 Å². The fraction of sp³-hybridized carbons (Fsp3) is 0.516. The number of carbonyl (C=O) groups is 3. The molecule has 13 nitrogen and oxygen atoms in total. The molecule has 3 rings (SSSR count). The van der Waals surface area contributed by atoms with Crippen molar-refractivity contribution in [1.82, 2.24) is 15.1 Å². The average molecular weight is 618 g/mol. The second-order valence-corrected chi connectivity index (χ2v) is 9.96. The van der Waals surface area contributed by atoms with Gasteiger partial charge in [0.25, 0.3) is 11.8 Å². The molecule has 242 valence electrons. The van der Waals surface area contributed by atoms with Gasteiger partial charge in [0, 0.05) is 49.3 Å². The minimum atomic E-state index is -0.460. The largest absolute Gasteiger partial charge is 0.493 e. The first-order valence-electron chi connectivity index (χ1n) is 14.3. The highest BCUT2D eigenvalue weighted by molar-refractivity contribution is 5.97. The Morgan fingerprint density at radius 2 is 1.25 bits per heavy atom. The zero-order valence-electron chi connectivity index (χ0n) is 26.7. The van der Waals surface area contributed by atoms with Crippen LogP contribution in [0, 0.1) is 5.92 Å². The fourth-order valence-electron chi connectivity index (χ4n) is 5.18. The molecule has 1 heterocycles. The molecule has 2 aromatic carbocycles. The summed E-state index contributed by atoms with van der Waals surface area (Å²) in [6.07, 6.45) is -0.0439. The minimum Gasteiger partial charge on any atom is -0.493 e. The number of carbonyl (C=O) groups excluding carboxylic acids is 3. The molecule has 1 aliphatic heterocycles. The number of nitrogens with one attached hydrogen (secondary N) is 1. The van der Waals surface area contributed by atoms with Gasteiger partial charge >= 0.3 is 6.09 Å². The van der Waals surface area contributed by atoms with Crippen LogP contribution in [0.5, 0.6) is 34.5 Å². The number of amides is 3. The molecule has 0 spiro atoms. The van der Waals surface area contributed by atoms with E-state index in [0.29, 0.717) is 71.7 Å². The molecule has 2 aromatic rings. The molecular formula is C31H43N3O10. The topological polar surface area (TPSA) is 134 Å². The highest BCUT2D eigenvalue weighted by Gasteiger charge is 2.35. The van der Waals surface area contributed by atoms with Crippen LogP contribution in [0.15, 0.2) is 24.3 Å². The van der Waals surface area contributed by atoms with Crippen LogP contribution in [-0.4, -0.2) is 109 Å². The Morgan fingerprint density at radius 3 is 1.68 bits per heavy atom. The van der Waals surface area contributed by atoms with Crippen LogP contribution in [-0.2, 0) is 4.74 Å². The van der Waals surface area contributed by atoms with Crippen molar-refractivity contribution in [3.8, 4) is 34.5 Å². The highest BCUT2D eigenvalue weighted by Crippen LogP contribution is 2.39. The van der Waals surface area contributed by atoms with Crippen LogP contribution in [0.25, 0.3) is 0 Å². The van der Waals surface area contributed by atoms with Crippen LogP contribution >= 0.6 is 0 Å². The van der Waals surface area contributed by atoms with Gasteiger partial charge < -0.3 is 48.3 Å². The molecule has 1 fully saturated rings. The first-order chi connectivity index (χ1) is 21.2. The predicted octanol–water partition coefficient (Wildman–Crippen LogP) is 3.48. The Labute approximate surface area is 258 Å². The van der Waals surface area contributed by atoms with Crippen molar-refractivity contribution in [2.75, 3.05) is 75.4 Å². The number of likely N-dealkylation sites (tertiary alicyclic amines) is 1. The highest BCUT2D eigenvalue weighted by atomic mass is 16.6. The van der Waals surface area contributed by atoms with Gasteiger partial charge in [0.15, 0.2) is 23.0 Å². The molecule has 0 radical (unpaired) electrons. The van der Waals surface area contributed by atoms with Crippen molar-refractivity contribution in [2.24, 2.45) is 5.92 Å². The van der Waals surface area contributed by atoms with Crippen molar-refractivity contribution in [3.63, 3.8) is 0 Å². The summed E-state index contributed by atoms with van der Waals surface area (Å²) in [5, 5.41) is 3.07. The van der Waals surface area contributed by atoms with Crippen molar-refractivity contribution >= 4 is 17.9 Å². The van der Waals surface area contributed by atoms with Crippen LogP contribution < -0.4 is 33.7 Å². The molecule has 13 heteroatoms. The lowest BCUT2D eigenvalue weighted by molar-refractivity contribution is 0.0424. The number of ether oxygens (including phenoxy) is 7. The number of methoxy groups -OCH3 is 6. The Morgan fingerprint density at radius 1 is 0.773 bits per heavy atom. The lowest BCUT2D eigenvalue weighted by Crippen LogP contribution is -2.54. The van der Waals surface area contributed by atoms with E-state index in [1.54, 1.807) is 34.1 Å². The van der Waals surface area contributed by atoms with E-state index >= 15 is 0 Å². The third-order valence-electron chi connectivity index (χ3n) is 7.62. The summed E-state index contributed by atoms with van der Waals surface area (Å²) in [5.74, 6) is 1.09. The summed E-state index contributed by atoms with van der Waals surface area (Å²) in [7, 11) is 8.88. The van der Waals surface area contributed by atoms with E-state index in [2.05, 4.69) is 5.32 Å². The van der Waals surface area contributed by atoms with Crippen LogP contribution in [0.3, 0.4) is 0 Å². The molecule has 0 unspecified atom stereocenters. The van der Waals surface area contributed by atoms with Gasteiger partial charge in [-0.25, -0.2) is 4.79 Å². The van der Waals surface area contributed by atoms with E-state index in [1.165, 1.54) is 42.7 Å². The first-order valence-corrected chi connectivity index (χ1v) is 14.3. The number of hydrogen-bond acceptors (Lipinski definition) is 10. The number of benzene rings is 2. The van der Waals surface area contributed by atoms with Gasteiger partial charge in [-0.3, -0.25) is 9.59 Å². The molecule has 0 saturated carbocycles. The summed E-state index contributed by atoms with van der Waals surface area (Å²) in [4.78, 5) is 43.1. The van der Waals surface area contributed by atoms with Gasteiger partial charge in [-0.05, 0) is 44.5 Å². The van der Waals surface area contributed by atoms with Gasteiger partial charge in [-0.2, -0.15) is 0 Å². The Hall–Kier alpha value is -4.55. The maximum absolute atomic E-state index is 13.7. The predicted molar refractivity (Wildman–Crippen MR) is 162 cm³/mol. The maximum Gasteiger partial charge on any atom is 0.409 e. The molecule has 1 saturated heterocycles. The summed E-state index contributed by atoms with van der Waals surface area (Å²) in [6.45, 7) is 5.28. The van der Waals surface area contributed by atoms with Gasteiger partial charge in [-0.15, -0.1) is 0 Å². The summed E-state index contributed by atoms with van der Waals surface area (Å²) >= 11 is 0. The number of hydrogen-bond donors (Lipinski definition) is 1. The summed E-state index contributed by atoms with van der Waals surface area (Å²) < 4.78 is 38.1. The van der Waals surface area contributed by atoms with Crippen molar-refractivity contribution in [3.05, 3.63) is 35.4 Å². The molecule has 44 heavy (non-hydrogen) atoms. The second-order valence-electron chi connectivity index (χ2n) is 9.96. The van der Waals surface area contributed by atoms with Crippen molar-refractivity contribution in [1.29, 1.82) is 0 Å². The van der Waals surface area contributed by atoms with E-state index in [1.807, 2.05) is 13.8 Å². The quantitative estimate of drug-likeness (QED) is 0.356. The van der Waals surface area contributed by atoms with Gasteiger partial charge in [0.05, 0.1) is 49.3 Å². The second kappa shape index (κ2) is 15.8. The minimum absolute atomic E-state index is 0.00539. The Bertz CT molecular complexity index is 1260. The van der Waals surface area contributed by atoms with Crippen molar-refractivity contribution < 1.29 is 47.5 Å². The zero-order chi connectivity index (χ0) is 32.4. The Kier molecular flexibility index (Phi) is 12.2. The molecule has 0 aromatic heterocycles. The molecule has 1 aliphatic rings. The van der Waals surface area contributed by atoms with E-state index in [9.17, 15) is 14.4 Å². The lowest BCUT2D eigenvalue weighted by Gasteiger charge is -2.39. The lowest BCUT2D eigenvalue weighted by atomic mass is 9.91. The smallest absolute Gasteiger partial charge is 0.409 e. The molecule has 0 aliphatic carbocycles. The van der Waals surface area contributed by atoms with Gasteiger partial charge in [0.2, 0.25) is 11.5 Å². The monoisotopic (exact) mass is 617 g/mol. The number of nitrogens with zero attached hydrogens (tertiary/aromatic N) is 2. The van der Waals surface area contributed by atoms with Crippen molar-refractivity contribution in [2.45, 2.75) is 26.3 Å². The summed E-state index contributed by atoms with van der Waals surface area (Å²) in [6, 6.07) is 5.91. The van der Waals surface area contributed by atoms with Crippen LogP contribution in [0.4, 0.5) is 4.79 Å². The van der Waals surface area contributed by atoms with Gasteiger partial charge in [0.1, 0.15) is 0 Å². The van der Waals surface area contributed by atoms with E-state index < -0.39 is 18.1 Å². The van der Waals surface area contributed by atoms with E-state index in [0.717, 1.165) is 0 Å².